The lowest BCUT2D eigenvalue weighted by Gasteiger charge is -2.16. The first-order valence-corrected chi connectivity index (χ1v) is 5.32. The highest BCUT2D eigenvalue weighted by Gasteiger charge is 2.35. The van der Waals surface area contributed by atoms with Crippen molar-refractivity contribution in [3.63, 3.8) is 0 Å². The summed E-state index contributed by atoms with van der Waals surface area (Å²) in [4.78, 5) is 0. The third kappa shape index (κ3) is 1.51. The molecule has 0 bridgehead atoms. The molecule has 0 aliphatic carbocycles. The van der Waals surface area contributed by atoms with Crippen LogP contribution in [0.5, 0.6) is 5.75 Å². The fourth-order valence-corrected chi connectivity index (χ4v) is 2.23. The summed E-state index contributed by atoms with van der Waals surface area (Å²) in [6.07, 6.45) is 0.916. The van der Waals surface area contributed by atoms with Gasteiger partial charge in [0, 0.05) is 5.56 Å². The van der Waals surface area contributed by atoms with Crippen molar-refractivity contribution in [1.29, 1.82) is 0 Å². The van der Waals surface area contributed by atoms with Crippen molar-refractivity contribution in [3.8, 4) is 5.75 Å². The molecule has 0 aromatic heterocycles. The van der Waals surface area contributed by atoms with Crippen LogP contribution < -0.4 is 10.1 Å². The summed E-state index contributed by atoms with van der Waals surface area (Å²) in [6, 6.07) is 3.39. The summed E-state index contributed by atoms with van der Waals surface area (Å²) in [7, 11) is 1.89. The number of hydrogen-bond donors (Lipinski definition) is 1. The van der Waals surface area contributed by atoms with Gasteiger partial charge in [-0.05, 0) is 32.0 Å². The number of aryl methyl sites for hydroxylation is 1. The van der Waals surface area contributed by atoms with Crippen LogP contribution in [0.2, 0.25) is 0 Å². The number of rotatable bonds is 2. The number of fused-ring (bicyclic) bond motifs is 1. The molecule has 2 nitrogen and oxygen atoms in total. The Hall–Kier alpha value is -1.09. The van der Waals surface area contributed by atoms with Gasteiger partial charge in [0.2, 0.25) is 0 Å². The Morgan fingerprint density at radius 2 is 2.20 bits per heavy atom. The molecule has 1 aromatic carbocycles. The van der Waals surface area contributed by atoms with E-state index in [1.165, 1.54) is 6.07 Å². The molecule has 0 radical (unpaired) electrons. The Balaban J connectivity index is 2.51. The average molecular weight is 209 g/mol. The van der Waals surface area contributed by atoms with Crippen molar-refractivity contribution in [1.82, 2.24) is 5.32 Å². The smallest absolute Gasteiger partial charge is 0.165 e. The van der Waals surface area contributed by atoms with E-state index in [9.17, 15) is 4.39 Å². The van der Waals surface area contributed by atoms with Crippen LogP contribution in [-0.2, 0) is 0 Å². The minimum absolute atomic E-state index is 0.0422. The van der Waals surface area contributed by atoms with Crippen molar-refractivity contribution < 1.29 is 9.13 Å². The molecule has 3 heteroatoms. The van der Waals surface area contributed by atoms with Crippen molar-refractivity contribution >= 4 is 0 Å². The van der Waals surface area contributed by atoms with E-state index in [2.05, 4.69) is 5.32 Å². The standard InChI is InChI=1S/C12H16FNO/c1-4-9-11(14-3)10-7(2)5-6-8(13)12(10)15-9/h5-6,9,11,14H,4H2,1-3H3. The number of nitrogens with one attached hydrogen (secondary N) is 1. The van der Waals surface area contributed by atoms with Gasteiger partial charge in [-0.15, -0.1) is 0 Å². The zero-order valence-electron chi connectivity index (χ0n) is 9.30. The van der Waals surface area contributed by atoms with Gasteiger partial charge in [0.05, 0.1) is 6.04 Å². The molecule has 1 N–H and O–H groups in total. The van der Waals surface area contributed by atoms with Gasteiger partial charge in [-0.3, -0.25) is 0 Å². The first-order valence-electron chi connectivity index (χ1n) is 5.32. The number of hydrogen-bond acceptors (Lipinski definition) is 2. The number of likely N-dealkylation sites (N-methyl/N-ethyl adjacent to an activating group) is 1. The van der Waals surface area contributed by atoms with Gasteiger partial charge in [0.1, 0.15) is 6.10 Å². The van der Waals surface area contributed by atoms with Crippen LogP contribution in [0.4, 0.5) is 4.39 Å². The average Bonchev–Trinajstić information content (AvgIpc) is 2.63. The quantitative estimate of drug-likeness (QED) is 0.808. The van der Waals surface area contributed by atoms with E-state index in [0.29, 0.717) is 5.75 Å². The van der Waals surface area contributed by atoms with E-state index in [1.807, 2.05) is 20.9 Å². The van der Waals surface area contributed by atoms with Crippen LogP contribution in [0, 0.1) is 12.7 Å². The van der Waals surface area contributed by atoms with Crippen LogP contribution in [0.25, 0.3) is 0 Å². The van der Waals surface area contributed by atoms with Crippen molar-refractivity contribution in [3.05, 3.63) is 29.1 Å². The van der Waals surface area contributed by atoms with Crippen molar-refractivity contribution in [2.24, 2.45) is 0 Å². The fourth-order valence-electron chi connectivity index (χ4n) is 2.23. The minimum atomic E-state index is -0.258. The molecule has 1 aromatic rings. The molecule has 0 amide bonds. The minimum Gasteiger partial charge on any atom is -0.485 e. The molecule has 1 aliphatic heterocycles. The summed E-state index contributed by atoms with van der Waals surface area (Å²) in [5, 5.41) is 3.20. The van der Waals surface area contributed by atoms with Gasteiger partial charge < -0.3 is 10.1 Å². The van der Waals surface area contributed by atoms with E-state index < -0.39 is 0 Å². The predicted octanol–water partition coefficient (Wildman–Crippen LogP) is 2.57. The molecule has 2 rings (SSSR count). The topological polar surface area (TPSA) is 21.3 Å². The number of ether oxygens (including phenoxy) is 1. The maximum Gasteiger partial charge on any atom is 0.165 e. The molecule has 1 heterocycles. The van der Waals surface area contributed by atoms with Crippen LogP contribution in [-0.4, -0.2) is 13.2 Å². The number of benzene rings is 1. The second-order valence-electron chi connectivity index (χ2n) is 3.94. The summed E-state index contributed by atoms with van der Waals surface area (Å²) in [5.74, 6) is 0.174. The van der Waals surface area contributed by atoms with Gasteiger partial charge >= 0.3 is 0 Å². The van der Waals surface area contributed by atoms with Crippen LogP contribution in [0.3, 0.4) is 0 Å². The Labute approximate surface area is 89.4 Å². The second kappa shape index (κ2) is 3.81. The summed E-state index contributed by atoms with van der Waals surface area (Å²) in [5.41, 5.74) is 2.06. The summed E-state index contributed by atoms with van der Waals surface area (Å²) in [6.45, 7) is 4.04. The Kier molecular flexibility index (Phi) is 2.65. The molecular formula is C12H16FNO. The molecule has 82 valence electrons. The zero-order chi connectivity index (χ0) is 11.0. The lowest BCUT2D eigenvalue weighted by molar-refractivity contribution is 0.183. The van der Waals surface area contributed by atoms with Crippen LogP contribution in [0.1, 0.15) is 30.5 Å². The third-order valence-electron chi connectivity index (χ3n) is 3.03. The highest BCUT2D eigenvalue weighted by Crippen LogP contribution is 2.41. The molecule has 2 unspecified atom stereocenters. The molecule has 2 atom stereocenters. The SMILES string of the molecule is CCC1Oc2c(F)ccc(C)c2C1NC. The lowest BCUT2D eigenvalue weighted by Crippen LogP contribution is -2.27. The summed E-state index contributed by atoms with van der Waals surface area (Å²) < 4.78 is 19.2. The number of halogens is 1. The van der Waals surface area contributed by atoms with Gasteiger partial charge in [-0.25, -0.2) is 4.39 Å². The molecule has 0 saturated heterocycles. The molecule has 0 fully saturated rings. The van der Waals surface area contributed by atoms with Gasteiger partial charge in [-0.2, -0.15) is 0 Å². The Bertz CT molecular complexity index is 378. The van der Waals surface area contributed by atoms with Gasteiger partial charge in [0.15, 0.2) is 11.6 Å². The van der Waals surface area contributed by atoms with Crippen LogP contribution >= 0.6 is 0 Å². The Morgan fingerprint density at radius 1 is 1.47 bits per heavy atom. The van der Waals surface area contributed by atoms with E-state index in [-0.39, 0.29) is 18.0 Å². The second-order valence-corrected chi connectivity index (χ2v) is 3.94. The lowest BCUT2D eigenvalue weighted by atomic mass is 9.98. The first-order chi connectivity index (χ1) is 7.19. The Morgan fingerprint density at radius 3 is 2.80 bits per heavy atom. The normalized spacial score (nSPS) is 23.7. The van der Waals surface area contributed by atoms with Gasteiger partial charge in [-0.1, -0.05) is 13.0 Å². The molecule has 15 heavy (non-hydrogen) atoms. The van der Waals surface area contributed by atoms with Crippen molar-refractivity contribution in [2.75, 3.05) is 7.05 Å². The van der Waals surface area contributed by atoms with E-state index in [0.717, 1.165) is 17.5 Å². The van der Waals surface area contributed by atoms with E-state index in [4.69, 9.17) is 4.74 Å². The van der Waals surface area contributed by atoms with Crippen molar-refractivity contribution in [2.45, 2.75) is 32.4 Å². The predicted molar refractivity (Wildman–Crippen MR) is 57.6 cm³/mol. The third-order valence-corrected chi connectivity index (χ3v) is 3.03. The first kappa shape index (κ1) is 10.4. The summed E-state index contributed by atoms with van der Waals surface area (Å²) >= 11 is 0. The zero-order valence-corrected chi connectivity index (χ0v) is 9.30. The van der Waals surface area contributed by atoms with E-state index >= 15 is 0 Å². The fraction of sp³-hybridized carbons (Fsp3) is 0.500. The highest BCUT2D eigenvalue weighted by molar-refractivity contribution is 5.46. The molecule has 0 saturated carbocycles. The maximum absolute atomic E-state index is 13.5. The largest absolute Gasteiger partial charge is 0.485 e. The molecule has 0 spiro atoms. The van der Waals surface area contributed by atoms with Gasteiger partial charge in [0.25, 0.3) is 0 Å². The monoisotopic (exact) mass is 209 g/mol. The molecular weight excluding hydrogens is 193 g/mol. The maximum atomic E-state index is 13.5. The van der Waals surface area contributed by atoms with E-state index in [1.54, 1.807) is 6.07 Å². The molecule has 1 aliphatic rings. The van der Waals surface area contributed by atoms with Crippen LogP contribution in [0.15, 0.2) is 12.1 Å². The highest BCUT2D eigenvalue weighted by atomic mass is 19.1.